The van der Waals surface area contributed by atoms with E-state index in [2.05, 4.69) is 15.5 Å². The molecule has 1 amide bonds. The number of carbonyl (C=O) groups excluding carboxylic acids is 1. The molecule has 0 atom stereocenters. The fourth-order valence-corrected chi connectivity index (χ4v) is 2.50. The molecular formula is C17H13ClN4O3. The van der Waals surface area contributed by atoms with Crippen LogP contribution < -0.4 is 5.43 Å². The molecule has 0 bridgehead atoms. The van der Waals surface area contributed by atoms with E-state index in [1.807, 2.05) is 0 Å². The quantitative estimate of drug-likeness (QED) is 0.555. The molecule has 1 aromatic carbocycles. The number of nitrogens with one attached hydrogen (secondary N) is 1. The Morgan fingerprint density at radius 3 is 2.64 bits per heavy atom. The van der Waals surface area contributed by atoms with Crippen molar-refractivity contribution in [3.05, 3.63) is 70.1 Å². The van der Waals surface area contributed by atoms with Gasteiger partial charge in [0.25, 0.3) is 5.91 Å². The Morgan fingerprint density at radius 2 is 1.96 bits per heavy atom. The fourth-order valence-electron chi connectivity index (χ4n) is 2.34. The van der Waals surface area contributed by atoms with Crippen molar-refractivity contribution < 1.29 is 14.7 Å². The van der Waals surface area contributed by atoms with E-state index < -0.39 is 11.9 Å². The van der Waals surface area contributed by atoms with Crippen LogP contribution in [0.5, 0.6) is 0 Å². The van der Waals surface area contributed by atoms with Crippen molar-refractivity contribution >= 4 is 35.3 Å². The minimum absolute atomic E-state index is 0.180. The molecule has 0 spiro atoms. The Labute approximate surface area is 147 Å². The third-order valence-electron chi connectivity index (χ3n) is 3.51. The Bertz CT molecular complexity index is 993. The van der Waals surface area contributed by atoms with Gasteiger partial charge in [-0.3, -0.25) is 9.20 Å². The van der Waals surface area contributed by atoms with Crippen LogP contribution in [0.2, 0.25) is 5.02 Å². The number of halogens is 1. The summed E-state index contributed by atoms with van der Waals surface area (Å²) in [6.45, 7) is 1.73. The lowest BCUT2D eigenvalue weighted by Gasteiger charge is -2.02. The number of carbonyl (C=O) groups is 2. The Balaban J connectivity index is 1.77. The van der Waals surface area contributed by atoms with Crippen molar-refractivity contribution in [3.8, 4) is 0 Å². The SMILES string of the molecule is Cc1nc2ccc(Cl)cn2c1C(=O)NN=Cc1ccc(C(=O)O)cc1. The predicted octanol–water partition coefficient (Wildman–Crippen LogP) is 2.76. The third-order valence-corrected chi connectivity index (χ3v) is 3.73. The van der Waals surface area contributed by atoms with Crippen LogP contribution in [-0.4, -0.2) is 32.6 Å². The van der Waals surface area contributed by atoms with Crippen molar-refractivity contribution in [2.24, 2.45) is 5.10 Å². The van der Waals surface area contributed by atoms with Gasteiger partial charge in [0, 0.05) is 6.20 Å². The molecule has 3 rings (SSSR count). The summed E-state index contributed by atoms with van der Waals surface area (Å²) in [5.74, 6) is -1.43. The van der Waals surface area contributed by atoms with Crippen molar-refractivity contribution in [2.45, 2.75) is 6.92 Å². The van der Waals surface area contributed by atoms with Gasteiger partial charge in [-0.15, -0.1) is 0 Å². The summed E-state index contributed by atoms with van der Waals surface area (Å²) in [5, 5.41) is 13.2. The van der Waals surface area contributed by atoms with Gasteiger partial charge in [-0.1, -0.05) is 23.7 Å². The predicted molar refractivity (Wildman–Crippen MR) is 93.4 cm³/mol. The van der Waals surface area contributed by atoms with Gasteiger partial charge in [0.05, 0.1) is 22.5 Å². The van der Waals surface area contributed by atoms with Crippen molar-refractivity contribution in [1.82, 2.24) is 14.8 Å². The molecule has 0 aliphatic heterocycles. The van der Waals surface area contributed by atoms with Crippen molar-refractivity contribution in [3.63, 3.8) is 0 Å². The van der Waals surface area contributed by atoms with E-state index >= 15 is 0 Å². The molecule has 0 radical (unpaired) electrons. The van der Waals surface area contributed by atoms with Crippen LogP contribution in [0.25, 0.3) is 5.65 Å². The molecule has 3 aromatic rings. The van der Waals surface area contributed by atoms with Crippen LogP contribution >= 0.6 is 11.6 Å². The second kappa shape index (κ2) is 6.74. The topological polar surface area (TPSA) is 96.1 Å². The number of pyridine rings is 1. The van der Waals surface area contributed by atoms with E-state index in [1.54, 1.807) is 41.8 Å². The first-order chi connectivity index (χ1) is 12.0. The van der Waals surface area contributed by atoms with Crippen LogP contribution in [-0.2, 0) is 0 Å². The van der Waals surface area contributed by atoms with Crippen LogP contribution in [0.3, 0.4) is 0 Å². The molecule has 0 fully saturated rings. The summed E-state index contributed by atoms with van der Waals surface area (Å²) in [4.78, 5) is 27.5. The molecule has 0 aliphatic carbocycles. The largest absolute Gasteiger partial charge is 0.478 e. The summed E-state index contributed by atoms with van der Waals surface area (Å²) < 4.78 is 1.60. The molecular weight excluding hydrogens is 344 g/mol. The first-order valence-corrected chi connectivity index (χ1v) is 7.64. The lowest BCUT2D eigenvalue weighted by Crippen LogP contribution is -2.20. The van der Waals surface area contributed by atoms with Crippen molar-refractivity contribution in [1.29, 1.82) is 0 Å². The zero-order valence-corrected chi connectivity index (χ0v) is 13.9. The molecule has 126 valence electrons. The van der Waals surface area contributed by atoms with Crippen LogP contribution in [0.1, 0.15) is 32.1 Å². The highest BCUT2D eigenvalue weighted by Crippen LogP contribution is 2.16. The zero-order chi connectivity index (χ0) is 18.0. The van der Waals surface area contributed by atoms with E-state index in [1.165, 1.54) is 18.3 Å². The van der Waals surface area contributed by atoms with Crippen LogP contribution in [0, 0.1) is 6.92 Å². The monoisotopic (exact) mass is 356 g/mol. The second-order valence-corrected chi connectivity index (χ2v) is 5.68. The fraction of sp³-hybridized carbons (Fsp3) is 0.0588. The summed E-state index contributed by atoms with van der Waals surface area (Å²) in [5.41, 5.74) is 4.78. The van der Waals surface area contributed by atoms with E-state index in [0.717, 1.165) is 0 Å². The van der Waals surface area contributed by atoms with E-state index in [0.29, 0.717) is 27.6 Å². The summed E-state index contributed by atoms with van der Waals surface area (Å²) in [7, 11) is 0. The number of aryl methyl sites for hydroxylation is 1. The number of hydrazone groups is 1. The number of fused-ring (bicyclic) bond motifs is 1. The van der Waals surface area contributed by atoms with Crippen LogP contribution in [0.15, 0.2) is 47.7 Å². The number of imidazole rings is 1. The molecule has 2 N–H and O–H groups in total. The lowest BCUT2D eigenvalue weighted by molar-refractivity contribution is 0.0696. The maximum atomic E-state index is 12.4. The number of rotatable bonds is 4. The number of carboxylic acids is 1. The van der Waals surface area contributed by atoms with E-state index in [-0.39, 0.29) is 5.56 Å². The highest BCUT2D eigenvalue weighted by Gasteiger charge is 2.16. The highest BCUT2D eigenvalue weighted by atomic mass is 35.5. The van der Waals surface area contributed by atoms with E-state index in [4.69, 9.17) is 16.7 Å². The third kappa shape index (κ3) is 3.51. The molecule has 2 aromatic heterocycles. The second-order valence-electron chi connectivity index (χ2n) is 5.25. The first kappa shape index (κ1) is 16.7. The van der Waals surface area contributed by atoms with Gasteiger partial charge < -0.3 is 5.11 Å². The summed E-state index contributed by atoms with van der Waals surface area (Å²) >= 11 is 5.97. The van der Waals surface area contributed by atoms with Crippen LogP contribution in [0.4, 0.5) is 0 Å². The number of hydrogen-bond donors (Lipinski definition) is 2. The van der Waals surface area contributed by atoms with Gasteiger partial charge in [0.1, 0.15) is 11.3 Å². The number of hydrogen-bond acceptors (Lipinski definition) is 4. The standard InChI is InChI=1S/C17H13ClN4O3/c1-10-15(22-9-13(18)6-7-14(22)20-10)16(23)21-19-8-11-2-4-12(5-3-11)17(24)25/h2-9H,1H3,(H,21,23)(H,24,25). The number of benzene rings is 1. The molecule has 0 unspecified atom stereocenters. The minimum Gasteiger partial charge on any atom is -0.478 e. The Hall–Kier alpha value is -3.19. The molecule has 7 nitrogen and oxygen atoms in total. The Morgan fingerprint density at radius 1 is 1.24 bits per heavy atom. The Kier molecular flexibility index (Phi) is 4.49. The van der Waals surface area contributed by atoms with Gasteiger partial charge >= 0.3 is 5.97 Å². The first-order valence-electron chi connectivity index (χ1n) is 7.26. The van der Waals surface area contributed by atoms with E-state index in [9.17, 15) is 9.59 Å². The average molecular weight is 357 g/mol. The smallest absolute Gasteiger partial charge is 0.335 e. The maximum Gasteiger partial charge on any atom is 0.335 e. The minimum atomic E-state index is -1.00. The van der Waals surface area contributed by atoms with Gasteiger partial charge in [-0.2, -0.15) is 5.10 Å². The highest BCUT2D eigenvalue weighted by molar-refractivity contribution is 6.30. The molecule has 0 saturated heterocycles. The van der Waals surface area contributed by atoms with Gasteiger partial charge in [-0.25, -0.2) is 15.2 Å². The number of aromatic nitrogens is 2. The van der Waals surface area contributed by atoms with Gasteiger partial charge in [0.2, 0.25) is 0 Å². The molecule has 0 aliphatic rings. The molecule has 8 heteroatoms. The number of aromatic carboxylic acids is 1. The number of carboxylic acid groups (broad SMARTS) is 1. The zero-order valence-electron chi connectivity index (χ0n) is 13.1. The van der Waals surface area contributed by atoms with Gasteiger partial charge in [0.15, 0.2) is 0 Å². The number of amides is 1. The summed E-state index contributed by atoms with van der Waals surface area (Å²) in [6.07, 6.45) is 3.04. The normalized spacial score (nSPS) is 11.1. The molecule has 2 heterocycles. The van der Waals surface area contributed by atoms with Crippen molar-refractivity contribution in [2.75, 3.05) is 0 Å². The molecule has 25 heavy (non-hydrogen) atoms. The summed E-state index contributed by atoms with van der Waals surface area (Å²) in [6, 6.07) is 9.53. The lowest BCUT2D eigenvalue weighted by atomic mass is 10.1. The average Bonchev–Trinajstić information content (AvgIpc) is 2.90. The van der Waals surface area contributed by atoms with Gasteiger partial charge in [-0.05, 0) is 36.8 Å². The molecule has 0 saturated carbocycles. The maximum absolute atomic E-state index is 12.4. The number of nitrogens with zero attached hydrogens (tertiary/aromatic N) is 3.